The molecule has 0 aliphatic carbocycles. The second-order valence-electron chi connectivity index (χ2n) is 4.81. The Bertz CT molecular complexity index is 375. The van der Waals surface area contributed by atoms with Gasteiger partial charge in [-0.1, -0.05) is 13.8 Å². The number of nitrogens with two attached hydrogens (primary N) is 1. The molecule has 0 amide bonds. The first kappa shape index (κ1) is 14.8. The average Bonchev–Trinajstić information content (AvgIpc) is 2.38. The van der Waals surface area contributed by atoms with Crippen molar-refractivity contribution in [1.82, 2.24) is 0 Å². The Morgan fingerprint density at radius 1 is 1.06 bits per heavy atom. The van der Waals surface area contributed by atoms with Crippen LogP contribution in [0.1, 0.15) is 43.7 Å². The molecule has 1 aromatic carbocycles. The average molecular weight is 251 g/mol. The van der Waals surface area contributed by atoms with Crippen molar-refractivity contribution in [2.75, 3.05) is 20.8 Å². The maximum absolute atomic E-state index is 5.54. The summed E-state index contributed by atoms with van der Waals surface area (Å²) in [6.07, 6.45) is 3.15. The predicted octanol–water partition coefficient (Wildman–Crippen LogP) is 3.11. The lowest BCUT2D eigenvalue weighted by Gasteiger charge is -2.17. The Balaban J connectivity index is 3.03. The Morgan fingerprint density at radius 3 is 2.22 bits per heavy atom. The van der Waals surface area contributed by atoms with E-state index in [4.69, 9.17) is 15.2 Å². The minimum Gasteiger partial charge on any atom is -0.496 e. The van der Waals surface area contributed by atoms with E-state index in [-0.39, 0.29) is 0 Å². The van der Waals surface area contributed by atoms with Crippen molar-refractivity contribution in [2.24, 2.45) is 5.73 Å². The first-order valence-corrected chi connectivity index (χ1v) is 6.58. The zero-order chi connectivity index (χ0) is 13.5. The van der Waals surface area contributed by atoms with E-state index in [1.165, 1.54) is 11.1 Å². The van der Waals surface area contributed by atoms with Crippen LogP contribution < -0.4 is 15.2 Å². The first-order valence-electron chi connectivity index (χ1n) is 6.58. The van der Waals surface area contributed by atoms with Crippen LogP contribution in [0, 0.1) is 0 Å². The maximum Gasteiger partial charge on any atom is 0.126 e. The highest BCUT2D eigenvalue weighted by Crippen LogP contribution is 2.34. The van der Waals surface area contributed by atoms with Crippen LogP contribution in [0.25, 0.3) is 0 Å². The lowest BCUT2D eigenvalue weighted by atomic mass is 9.96. The summed E-state index contributed by atoms with van der Waals surface area (Å²) in [5, 5.41) is 0. The molecule has 0 bridgehead atoms. The van der Waals surface area contributed by atoms with Crippen LogP contribution in [0.3, 0.4) is 0 Å². The van der Waals surface area contributed by atoms with Gasteiger partial charge in [0.15, 0.2) is 0 Å². The van der Waals surface area contributed by atoms with Gasteiger partial charge < -0.3 is 15.2 Å². The van der Waals surface area contributed by atoms with Crippen molar-refractivity contribution in [3.63, 3.8) is 0 Å². The molecule has 0 saturated carbocycles. The van der Waals surface area contributed by atoms with Crippen molar-refractivity contribution in [1.29, 1.82) is 0 Å². The fourth-order valence-electron chi connectivity index (χ4n) is 2.10. The van der Waals surface area contributed by atoms with Gasteiger partial charge in [0.1, 0.15) is 11.5 Å². The van der Waals surface area contributed by atoms with Crippen molar-refractivity contribution >= 4 is 0 Å². The Kier molecular flexibility index (Phi) is 5.99. The quantitative estimate of drug-likeness (QED) is 0.757. The van der Waals surface area contributed by atoms with E-state index < -0.39 is 0 Å². The molecule has 18 heavy (non-hydrogen) atoms. The van der Waals surface area contributed by atoms with Crippen LogP contribution in [0.15, 0.2) is 12.1 Å². The fourth-order valence-corrected chi connectivity index (χ4v) is 2.10. The molecule has 1 rings (SSSR count). The van der Waals surface area contributed by atoms with E-state index in [1.807, 2.05) is 6.07 Å². The maximum atomic E-state index is 5.54. The van der Waals surface area contributed by atoms with E-state index in [9.17, 15) is 0 Å². The van der Waals surface area contributed by atoms with Crippen molar-refractivity contribution in [3.05, 3.63) is 23.3 Å². The van der Waals surface area contributed by atoms with Crippen LogP contribution in [0.4, 0.5) is 0 Å². The zero-order valence-electron chi connectivity index (χ0n) is 12.0. The van der Waals surface area contributed by atoms with Gasteiger partial charge in [0, 0.05) is 6.07 Å². The van der Waals surface area contributed by atoms with Gasteiger partial charge in [0.05, 0.1) is 14.2 Å². The number of methoxy groups -OCH3 is 2. The smallest absolute Gasteiger partial charge is 0.126 e. The molecule has 102 valence electrons. The molecule has 0 atom stereocenters. The molecule has 0 unspecified atom stereocenters. The summed E-state index contributed by atoms with van der Waals surface area (Å²) < 4.78 is 10.9. The van der Waals surface area contributed by atoms with Crippen molar-refractivity contribution in [3.8, 4) is 11.5 Å². The predicted molar refractivity (Wildman–Crippen MR) is 75.6 cm³/mol. The van der Waals surface area contributed by atoms with Crippen LogP contribution in [-0.2, 0) is 6.42 Å². The second kappa shape index (κ2) is 7.27. The number of unbranched alkanes of at least 4 members (excludes halogenated alkanes) is 1. The molecular formula is C15H25NO2. The summed E-state index contributed by atoms with van der Waals surface area (Å²) in [7, 11) is 3.41. The van der Waals surface area contributed by atoms with Crippen LogP contribution in [0.5, 0.6) is 11.5 Å². The fraction of sp³-hybridized carbons (Fsp3) is 0.600. The Morgan fingerprint density at radius 2 is 1.72 bits per heavy atom. The third-order valence-corrected chi connectivity index (χ3v) is 3.16. The number of aryl methyl sites for hydroxylation is 1. The molecule has 0 fully saturated rings. The lowest BCUT2D eigenvalue weighted by Crippen LogP contribution is -2.02. The second-order valence-corrected chi connectivity index (χ2v) is 4.81. The molecule has 0 aliphatic heterocycles. The summed E-state index contributed by atoms with van der Waals surface area (Å²) in [4.78, 5) is 0. The highest BCUT2D eigenvalue weighted by atomic mass is 16.5. The van der Waals surface area contributed by atoms with Crippen LogP contribution in [-0.4, -0.2) is 20.8 Å². The third kappa shape index (κ3) is 3.64. The Hall–Kier alpha value is -1.22. The van der Waals surface area contributed by atoms with Gasteiger partial charge in [-0.05, 0) is 48.9 Å². The topological polar surface area (TPSA) is 44.5 Å². The van der Waals surface area contributed by atoms with Gasteiger partial charge in [-0.3, -0.25) is 0 Å². The van der Waals surface area contributed by atoms with Crippen molar-refractivity contribution < 1.29 is 9.47 Å². The van der Waals surface area contributed by atoms with Gasteiger partial charge in [0.25, 0.3) is 0 Å². The lowest BCUT2D eigenvalue weighted by molar-refractivity contribution is 0.386. The first-order chi connectivity index (χ1) is 8.63. The number of benzene rings is 1. The van der Waals surface area contributed by atoms with Crippen molar-refractivity contribution in [2.45, 2.75) is 39.0 Å². The van der Waals surface area contributed by atoms with E-state index in [2.05, 4.69) is 19.9 Å². The normalized spacial score (nSPS) is 10.8. The van der Waals surface area contributed by atoms with Gasteiger partial charge in [-0.25, -0.2) is 0 Å². The van der Waals surface area contributed by atoms with Gasteiger partial charge in [-0.15, -0.1) is 0 Å². The summed E-state index contributed by atoms with van der Waals surface area (Å²) in [6.45, 7) is 5.09. The molecular weight excluding hydrogens is 226 g/mol. The SMILES string of the molecule is COc1cc(OC)c(C(C)C)cc1CCCCN. The standard InChI is InChI=1S/C15H25NO2/c1-11(2)13-9-12(7-5-6-8-16)14(17-3)10-15(13)18-4/h9-11H,5-8,16H2,1-4H3. The largest absolute Gasteiger partial charge is 0.496 e. The monoisotopic (exact) mass is 251 g/mol. The van der Waals surface area contributed by atoms with Crippen LogP contribution >= 0.6 is 0 Å². The molecule has 0 aromatic heterocycles. The van der Waals surface area contributed by atoms with Crippen LogP contribution in [0.2, 0.25) is 0 Å². The molecule has 0 heterocycles. The molecule has 2 N–H and O–H groups in total. The van der Waals surface area contributed by atoms with E-state index in [0.717, 1.165) is 37.3 Å². The molecule has 3 nitrogen and oxygen atoms in total. The molecule has 0 spiro atoms. The summed E-state index contributed by atoms with van der Waals surface area (Å²) in [6, 6.07) is 4.20. The number of ether oxygens (including phenoxy) is 2. The highest BCUT2D eigenvalue weighted by Gasteiger charge is 2.13. The highest BCUT2D eigenvalue weighted by molar-refractivity contribution is 5.48. The number of hydrogen-bond donors (Lipinski definition) is 1. The van der Waals surface area contributed by atoms with Gasteiger partial charge >= 0.3 is 0 Å². The van der Waals surface area contributed by atoms with E-state index in [1.54, 1.807) is 14.2 Å². The Labute approximate surface area is 110 Å². The molecule has 3 heteroatoms. The van der Waals surface area contributed by atoms with E-state index in [0.29, 0.717) is 5.92 Å². The molecule has 0 aliphatic rings. The molecule has 0 radical (unpaired) electrons. The molecule has 0 saturated heterocycles. The molecule has 1 aromatic rings. The minimum atomic E-state index is 0.444. The summed E-state index contributed by atoms with van der Waals surface area (Å²) in [5.41, 5.74) is 8.02. The van der Waals surface area contributed by atoms with E-state index >= 15 is 0 Å². The summed E-state index contributed by atoms with van der Waals surface area (Å²) in [5.74, 6) is 2.26. The van der Waals surface area contributed by atoms with Gasteiger partial charge in [0.2, 0.25) is 0 Å². The minimum absolute atomic E-state index is 0.444. The third-order valence-electron chi connectivity index (χ3n) is 3.16. The summed E-state index contributed by atoms with van der Waals surface area (Å²) >= 11 is 0. The number of rotatable bonds is 7. The zero-order valence-corrected chi connectivity index (χ0v) is 12.0. The van der Waals surface area contributed by atoms with Gasteiger partial charge in [-0.2, -0.15) is 0 Å². The number of hydrogen-bond acceptors (Lipinski definition) is 3.